The van der Waals surface area contributed by atoms with Crippen LogP contribution in [0.15, 0.2) is 60.7 Å². The average Bonchev–Trinajstić information content (AvgIpc) is 2.93. The second-order valence-corrected chi connectivity index (χ2v) is 7.48. The molecule has 5 rings (SSSR count). The van der Waals surface area contributed by atoms with E-state index >= 15 is 0 Å². The molecule has 2 heteroatoms. The summed E-state index contributed by atoms with van der Waals surface area (Å²) in [5, 5.41) is 1.04. The molecule has 0 bridgehead atoms. The van der Waals surface area contributed by atoms with Crippen LogP contribution in [0, 0.1) is 20.8 Å². The quantitative estimate of drug-likeness (QED) is 0.369. The highest BCUT2D eigenvalue weighted by Crippen LogP contribution is 2.45. The summed E-state index contributed by atoms with van der Waals surface area (Å²) < 4.78 is 0. The molecule has 1 aliphatic rings. The number of carbonyl (C=O) groups excluding carboxylic acids is 1. The maximum absolute atomic E-state index is 13.4. The molecule has 1 aliphatic carbocycles. The Morgan fingerprint density at radius 2 is 1.44 bits per heavy atom. The molecule has 0 aliphatic heterocycles. The summed E-state index contributed by atoms with van der Waals surface area (Å²) >= 11 is 0. The number of nitrogens with zero attached hydrogens (tertiary/aromatic N) is 1. The molecule has 2 nitrogen and oxygen atoms in total. The number of hydrogen-bond acceptors (Lipinski definition) is 2. The molecular formula is C25H19NO. The highest BCUT2D eigenvalue weighted by atomic mass is 16.1. The Hall–Kier alpha value is -3.26. The summed E-state index contributed by atoms with van der Waals surface area (Å²) in [5.41, 5.74) is 9.72. The molecule has 0 atom stereocenters. The van der Waals surface area contributed by atoms with Crippen LogP contribution in [0.25, 0.3) is 33.3 Å². The van der Waals surface area contributed by atoms with Gasteiger partial charge in [-0.15, -0.1) is 0 Å². The number of fused-ring (bicyclic) bond motifs is 5. The van der Waals surface area contributed by atoms with Crippen molar-refractivity contribution in [3.63, 3.8) is 0 Å². The van der Waals surface area contributed by atoms with Crippen molar-refractivity contribution in [2.75, 3.05) is 0 Å². The summed E-state index contributed by atoms with van der Waals surface area (Å²) in [4.78, 5) is 18.3. The molecular weight excluding hydrogens is 330 g/mol. The zero-order valence-electron chi connectivity index (χ0n) is 15.6. The van der Waals surface area contributed by atoms with E-state index in [0.717, 1.165) is 50.0 Å². The Labute approximate surface area is 158 Å². The molecule has 27 heavy (non-hydrogen) atoms. The van der Waals surface area contributed by atoms with E-state index in [-0.39, 0.29) is 5.78 Å². The zero-order chi connectivity index (χ0) is 18.7. The lowest BCUT2D eigenvalue weighted by atomic mass is 9.95. The number of pyridine rings is 1. The topological polar surface area (TPSA) is 30.0 Å². The number of para-hydroxylation sites is 1. The van der Waals surface area contributed by atoms with Crippen LogP contribution in [0.3, 0.4) is 0 Å². The Bertz CT molecular complexity index is 1250. The lowest BCUT2D eigenvalue weighted by Crippen LogP contribution is -2.01. The zero-order valence-corrected chi connectivity index (χ0v) is 15.6. The van der Waals surface area contributed by atoms with E-state index < -0.39 is 0 Å². The van der Waals surface area contributed by atoms with Crippen molar-refractivity contribution in [1.82, 2.24) is 4.98 Å². The van der Waals surface area contributed by atoms with Gasteiger partial charge in [-0.25, -0.2) is 4.98 Å². The van der Waals surface area contributed by atoms with Gasteiger partial charge < -0.3 is 0 Å². The van der Waals surface area contributed by atoms with Gasteiger partial charge in [0.1, 0.15) is 0 Å². The summed E-state index contributed by atoms with van der Waals surface area (Å²) in [6.45, 7) is 6.19. The monoisotopic (exact) mass is 349 g/mol. The van der Waals surface area contributed by atoms with Crippen LogP contribution >= 0.6 is 0 Å². The van der Waals surface area contributed by atoms with Crippen molar-refractivity contribution in [1.29, 1.82) is 0 Å². The van der Waals surface area contributed by atoms with Gasteiger partial charge in [-0.3, -0.25) is 4.79 Å². The fourth-order valence-corrected chi connectivity index (χ4v) is 4.23. The Morgan fingerprint density at radius 3 is 2.22 bits per heavy atom. The van der Waals surface area contributed by atoms with Gasteiger partial charge in [0.25, 0.3) is 0 Å². The number of rotatable bonds is 1. The largest absolute Gasteiger partial charge is 0.288 e. The predicted molar refractivity (Wildman–Crippen MR) is 110 cm³/mol. The second kappa shape index (κ2) is 5.62. The van der Waals surface area contributed by atoms with E-state index in [9.17, 15) is 4.79 Å². The van der Waals surface area contributed by atoms with Crippen LogP contribution in [0.5, 0.6) is 0 Å². The summed E-state index contributed by atoms with van der Waals surface area (Å²) in [7, 11) is 0. The molecule has 4 aromatic rings. The van der Waals surface area contributed by atoms with Crippen molar-refractivity contribution >= 4 is 16.7 Å². The van der Waals surface area contributed by atoms with Crippen LogP contribution in [0.4, 0.5) is 0 Å². The Kier molecular flexibility index (Phi) is 3.32. The molecule has 3 aromatic carbocycles. The van der Waals surface area contributed by atoms with Crippen LogP contribution in [-0.4, -0.2) is 10.8 Å². The summed E-state index contributed by atoms with van der Waals surface area (Å²) in [6, 6.07) is 20.6. The van der Waals surface area contributed by atoms with Crippen molar-refractivity contribution in [2.45, 2.75) is 20.8 Å². The number of hydrogen-bond donors (Lipinski definition) is 0. The molecule has 0 saturated carbocycles. The molecule has 1 aromatic heterocycles. The second-order valence-electron chi connectivity index (χ2n) is 7.48. The van der Waals surface area contributed by atoms with Crippen LogP contribution in [0.2, 0.25) is 0 Å². The van der Waals surface area contributed by atoms with Gasteiger partial charge in [-0.1, -0.05) is 53.1 Å². The molecule has 0 unspecified atom stereocenters. The minimum Gasteiger partial charge on any atom is -0.288 e. The Balaban J connectivity index is 1.94. The van der Waals surface area contributed by atoms with Crippen molar-refractivity contribution in [3.05, 3.63) is 88.5 Å². The number of carbonyl (C=O) groups is 1. The maximum atomic E-state index is 13.4. The first-order valence-electron chi connectivity index (χ1n) is 9.20. The van der Waals surface area contributed by atoms with E-state index in [1.54, 1.807) is 0 Å². The van der Waals surface area contributed by atoms with Crippen LogP contribution < -0.4 is 0 Å². The lowest BCUT2D eigenvalue weighted by Gasteiger charge is -2.12. The number of aromatic nitrogens is 1. The van der Waals surface area contributed by atoms with E-state index in [4.69, 9.17) is 4.98 Å². The normalized spacial score (nSPS) is 12.3. The van der Waals surface area contributed by atoms with Gasteiger partial charge in [0.05, 0.1) is 16.8 Å². The maximum Gasteiger partial charge on any atom is 0.196 e. The summed E-state index contributed by atoms with van der Waals surface area (Å²) in [6.07, 6.45) is 0. The first-order chi connectivity index (χ1) is 13.0. The third kappa shape index (κ3) is 2.33. The average molecular weight is 349 g/mol. The molecule has 0 saturated heterocycles. The minimum absolute atomic E-state index is 0.0797. The highest BCUT2D eigenvalue weighted by molar-refractivity contribution is 6.28. The van der Waals surface area contributed by atoms with Crippen LogP contribution in [-0.2, 0) is 0 Å². The number of ketones is 1. The smallest absolute Gasteiger partial charge is 0.196 e. The van der Waals surface area contributed by atoms with Crippen molar-refractivity contribution < 1.29 is 4.79 Å². The predicted octanol–water partition coefficient (Wildman–Crippen LogP) is 6.04. The van der Waals surface area contributed by atoms with Crippen molar-refractivity contribution in [2.24, 2.45) is 0 Å². The van der Waals surface area contributed by atoms with Gasteiger partial charge in [0, 0.05) is 22.1 Å². The fourth-order valence-electron chi connectivity index (χ4n) is 4.23. The Morgan fingerprint density at radius 1 is 0.704 bits per heavy atom. The third-order valence-electron chi connectivity index (χ3n) is 5.30. The van der Waals surface area contributed by atoms with Gasteiger partial charge in [0.15, 0.2) is 5.78 Å². The SMILES string of the molecule is Cc1cc(C)cc(-c2nc3ccccc3c3c2C(=O)c2cc(C)ccc2-3)c1. The van der Waals surface area contributed by atoms with Gasteiger partial charge in [-0.05, 0) is 50.6 Å². The van der Waals surface area contributed by atoms with E-state index in [1.807, 2.05) is 31.2 Å². The highest BCUT2D eigenvalue weighted by Gasteiger charge is 2.32. The summed E-state index contributed by atoms with van der Waals surface area (Å²) in [5.74, 6) is 0.0797. The molecule has 1 heterocycles. The molecule has 0 amide bonds. The third-order valence-corrected chi connectivity index (χ3v) is 5.30. The van der Waals surface area contributed by atoms with Gasteiger partial charge in [0.2, 0.25) is 0 Å². The number of aryl methyl sites for hydroxylation is 3. The fraction of sp³-hybridized carbons (Fsp3) is 0.120. The molecule has 0 spiro atoms. The van der Waals surface area contributed by atoms with Gasteiger partial charge in [-0.2, -0.15) is 0 Å². The van der Waals surface area contributed by atoms with Crippen molar-refractivity contribution in [3.8, 4) is 22.4 Å². The lowest BCUT2D eigenvalue weighted by molar-refractivity contribution is 0.104. The van der Waals surface area contributed by atoms with E-state index in [1.165, 1.54) is 11.1 Å². The van der Waals surface area contributed by atoms with Gasteiger partial charge >= 0.3 is 0 Å². The standard InChI is InChI=1S/C25H19NO/c1-14-8-9-18-20(13-14)25(27)23-22(18)19-6-4-5-7-21(19)26-24(23)17-11-15(2)10-16(3)12-17/h4-13H,1-3H3. The first-order valence-corrected chi connectivity index (χ1v) is 9.20. The number of benzene rings is 3. The molecule has 0 fully saturated rings. The minimum atomic E-state index is 0.0797. The van der Waals surface area contributed by atoms with E-state index in [2.05, 4.69) is 50.2 Å². The first kappa shape index (κ1) is 16.0. The molecule has 0 radical (unpaired) electrons. The van der Waals surface area contributed by atoms with Crippen LogP contribution in [0.1, 0.15) is 32.6 Å². The molecule has 130 valence electrons. The molecule has 0 N–H and O–H groups in total. The van der Waals surface area contributed by atoms with E-state index in [0.29, 0.717) is 0 Å².